The zero-order valence-corrected chi connectivity index (χ0v) is 14.6. The summed E-state index contributed by atoms with van der Waals surface area (Å²) in [4.78, 5) is 13.1. The first-order chi connectivity index (χ1) is 12.4. The van der Waals surface area contributed by atoms with Crippen LogP contribution in [0.2, 0.25) is 0 Å². The first-order valence-electron chi connectivity index (χ1n) is 8.90. The van der Waals surface area contributed by atoms with Gasteiger partial charge in [-0.2, -0.15) is 13.2 Å². The van der Waals surface area contributed by atoms with Gasteiger partial charge in [-0.05, 0) is 49.9 Å². The van der Waals surface area contributed by atoms with E-state index in [9.17, 15) is 13.2 Å². The van der Waals surface area contributed by atoms with Crippen LogP contribution >= 0.6 is 0 Å². The van der Waals surface area contributed by atoms with E-state index in [1.54, 1.807) is 0 Å². The number of aromatic nitrogens is 2. The SMILES string of the molecule is Cc1cccc(N2CCC3CCN(c4cc(C(F)(F)F)ccn4)CC32)n1. The number of fused-ring (bicyclic) bond motifs is 1. The van der Waals surface area contributed by atoms with Crippen LogP contribution in [0.15, 0.2) is 36.5 Å². The molecule has 0 N–H and O–H groups in total. The first kappa shape index (κ1) is 17.1. The second-order valence-electron chi connectivity index (χ2n) is 7.08. The molecule has 4 nitrogen and oxygen atoms in total. The lowest BCUT2D eigenvalue weighted by molar-refractivity contribution is -0.137. The summed E-state index contributed by atoms with van der Waals surface area (Å²) in [7, 11) is 0. The van der Waals surface area contributed by atoms with Crippen LogP contribution in [0, 0.1) is 12.8 Å². The Balaban J connectivity index is 1.57. The molecule has 0 aromatic carbocycles. The number of pyridine rings is 2. The molecule has 0 aliphatic carbocycles. The van der Waals surface area contributed by atoms with Gasteiger partial charge < -0.3 is 9.80 Å². The fraction of sp³-hybridized carbons (Fsp3) is 0.474. The van der Waals surface area contributed by atoms with Gasteiger partial charge in [0.25, 0.3) is 0 Å². The van der Waals surface area contributed by atoms with Gasteiger partial charge in [0.05, 0.1) is 11.6 Å². The summed E-state index contributed by atoms with van der Waals surface area (Å²) in [6.45, 7) is 4.32. The number of aryl methyl sites for hydroxylation is 1. The molecule has 4 heterocycles. The third-order valence-electron chi connectivity index (χ3n) is 5.43. The molecule has 2 aliphatic rings. The van der Waals surface area contributed by atoms with Crippen LogP contribution in [0.3, 0.4) is 0 Å². The van der Waals surface area contributed by atoms with Crippen molar-refractivity contribution in [3.05, 3.63) is 47.8 Å². The highest BCUT2D eigenvalue weighted by atomic mass is 19.4. The molecule has 0 saturated carbocycles. The van der Waals surface area contributed by atoms with Crippen molar-refractivity contribution < 1.29 is 13.2 Å². The van der Waals surface area contributed by atoms with E-state index >= 15 is 0 Å². The van der Waals surface area contributed by atoms with Gasteiger partial charge in [0.1, 0.15) is 11.6 Å². The molecule has 2 aromatic rings. The Morgan fingerprint density at radius 1 is 1.08 bits per heavy atom. The maximum Gasteiger partial charge on any atom is 0.416 e. The second kappa shape index (κ2) is 6.45. The van der Waals surface area contributed by atoms with Gasteiger partial charge in [-0.25, -0.2) is 9.97 Å². The molecule has 26 heavy (non-hydrogen) atoms. The van der Waals surface area contributed by atoms with Crippen LogP contribution in [0.4, 0.5) is 24.8 Å². The van der Waals surface area contributed by atoms with Gasteiger partial charge in [0.15, 0.2) is 0 Å². The van der Waals surface area contributed by atoms with Gasteiger partial charge in [-0.1, -0.05) is 6.07 Å². The normalized spacial score (nSPS) is 23.2. The van der Waals surface area contributed by atoms with E-state index in [0.717, 1.165) is 49.6 Å². The number of piperidine rings is 1. The van der Waals surface area contributed by atoms with Gasteiger partial charge in [0.2, 0.25) is 0 Å². The molecule has 2 saturated heterocycles. The van der Waals surface area contributed by atoms with Gasteiger partial charge in [-0.3, -0.25) is 0 Å². The number of hydrogen-bond donors (Lipinski definition) is 0. The minimum absolute atomic E-state index is 0.259. The van der Waals surface area contributed by atoms with Crippen LogP contribution in [0.5, 0.6) is 0 Å². The average Bonchev–Trinajstić information content (AvgIpc) is 3.04. The number of hydrogen-bond acceptors (Lipinski definition) is 4. The smallest absolute Gasteiger partial charge is 0.355 e. The maximum atomic E-state index is 13.0. The number of rotatable bonds is 2. The Bertz CT molecular complexity index is 792. The van der Waals surface area contributed by atoms with Crippen LogP contribution < -0.4 is 9.80 Å². The Labute approximate surface area is 150 Å². The molecule has 2 aromatic heterocycles. The number of alkyl halides is 3. The molecule has 0 radical (unpaired) electrons. The quantitative estimate of drug-likeness (QED) is 0.811. The summed E-state index contributed by atoms with van der Waals surface area (Å²) in [6.07, 6.45) is -1.03. The molecule has 4 rings (SSSR count). The van der Waals surface area contributed by atoms with Crippen molar-refractivity contribution >= 4 is 11.6 Å². The second-order valence-corrected chi connectivity index (χ2v) is 7.08. The molecule has 2 atom stereocenters. The van der Waals surface area contributed by atoms with Crippen molar-refractivity contribution in [2.75, 3.05) is 29.4 Å². The number of halogens is 3. The standard InChI is InChI=1S/C19H21F3N4/c1-13-3-2-4-17(24-13)26-10-7-14-6-9-25(12-16(14)26)18-11-15(5-8-23-18)19(20,21)22/h2-5,8,11,14,16H,6-7,9-10,12H2,1H3. The summed E-state index contributed by atoms with van der Waals surface area (Å²) in [5, 5.41) is 0. The van der Waals surface area contributed by atoms with Crippen molar-refractivity contribution in [2.24, 2.45) is 5.92 Å². The number of anilines is 2. The Hall–Kier alpha value is -2.31. The van der Waals surface area contributed by atoms with E-state index in [0.29, 0.717) is 18.3 Å². The van der Waals surface area contributed by atoms with Crippen molar-refractivity contribution in [2.45, 2.75) is 32.0 Å². The molecule has 7 heteroatoms. The van der Waals surface area contributed by atoms with E-state index in [4.69, 9.17) is 0 Å². The molecular formula is C19H21F3N4. The molecule has 2 fully saturated rings. The molecule has 0 spiro atoms. The molecule has 0 bridgehead atoms. The number of nitrogens with zero attached hydrogens (tertiary/aromatic N) is 4. The fourth-order valence-corrected chi connectivity index (χ4v) is 4.09. The summed E-state index contributed by atoms with van der Waals surface area (Å²) in [5.74, 6) is 1.91. The highest BCUT2D eigenvalue weighted by Gasteiger charge is 2.40. The summed E-state index contributed by atoms with van der Waals surface area (Å²) < 4.78 is 39.0. The Kier molecular flexibility index (Phi) is 4.25. The highest BCUT2D eigenvalue weighted by molar-refractivity contribution is 5.47. The van der Waals surface area contributed by atoms with Crippen molar-refractivity contribution in [1.29, 1.82) is 0 Å². The van der Waals surface area contributed by atoms with E-state index in [2.05, 4.69) is 14.9 Å². The minimum Gasteiger partial charge on any atom is -0.355 e. The first-order valence-corrected chi connectivity index (χ1v) is 8.90. The van der Waals surface area contributed by atoms with Gasteiger partial charge in [-0.15, -0.1) is 0 Å². The zero-order chi connectivity index (χ0) is 18.3. The van der Waals surface area contributed by atoms with Gasteiger partial charge >= 0.3 is 6.18 Å². The van der Waals surface area contributed by atoms with E-state index in [1.165, 1.54) is 6.20 Å². The monoisotopic (exact) mass is 362 g/mol. The third kappa shape index (κ3) is 3.22. The van der Waals surface area contributed by atoms with Gasteiger partial charge in [0, 0.05) is 31.5 Å². The minimum atomic E-state index is -4.35. The predicted octanol–water partition coefficient (Wildman–Crippen LogP) is 3.91. The molecule has 0 amide bonds. The van der Waals surface area contributed by atoms with Crippen LogP contribution in [0.25, 0.3) is 0 Å². The lowest BCUT2D eigenvalue weighted by atomic mass is 9.92. The van der Waals surface area contributed by atoms with E-state index in [1.807, 2.05) is 30.0 Å². The zero-order valence-electron chi connectivity index (χ0n) is 14.6. The Morgan fingerprint density at radius 2 is 1.88 bits per heavy atom. The maximum absolute atomic E-state index is 13.0. The largest absolute Gasteiger partial charge is 0.416 e. The van der Waals surface area contributed by atoms with E-state index < -0.39 is 11.7 Å². The van der Waals surface area contributed by atoms with Crippen LogP contribution in [0.1, 0.15) is 24.1 Å². The Morgan fingerprint density at radius 3 is 2.65 bits per heavy atom. The summed E-state index contributed by atoms with van der Waals surface area (Å²) in [5.41, 5.74) is 0.325. The molecule has 138 valence electrons. The average molecular weight is 362 g/mol. The lowest BCUT2D eigenvalue weighted by Crippen LogP contribution is -2.48. The third-order valence-corrected chi connectivity index (χ3v) is 5.43. The summed E-state index contributed by atoms with van der Waals surface area (Å²) in [6, 6.07) is 8.42. The van der Waals surface area contributed by atoms with Crippen molar-refractivity contribution in [1.82, 2.24) is 9.97 Å². The lowest BCUT2D eigenvalue weighted by Gasteiger charge is -2.39. The summed E-state index contributed by atoms with van der Waals surface area (Å²) >= 11 is 0. The van der Waals surface area contributed by atoms with E-state index in [-0.39, 0.29) is 6.04 Å². The molecular weight excluding hydrogens is 341 g/mol. The fourth-order valence-electron chi connectivity index (χ4n) is 4.09. The highest BCUT2D eigenvalue weighted by Crippen LogP contribution is 2.36. The topological polar surface area (TPSA) is 32.3 Å². The predicted molar refractivity (Wildman–Crippen MR) is 94.3 cm³/mol. The van der Waals surface area contributed by atoms with Crippen LogP contribution in [-0.2, 0) is 6.18 Å². The van der Waals surface area contributed by atoms with Crippen LogP contribution in [-0.4, -0.2) is 35.6 Å². The molecule has 2 aliphatic heterocycles. The van der Waals surface area contributed by atoms with Crippen molar-refractivity contribution in [3.8, 4) is 0 Å². The van der Waals surface area contributed by atoms with Crippen molar-refractivity contribution in [3.63, 3.8) is 0 Å². The molecule has 2 unspecified atom stereocenters.